The van der Waals surface area contributed by atoms with E-state index in [1.807, 2.05) is 0 Å². The van der Waals surface area contributed by atoms with Crippen molar-refractivity contribution in [1.82, 2.24) is 9.78 Å². The molecule has 0 spiro atoms. The first kappa shape index (κ1) is 8.04. The van der Waals surface area contributed by atoms with Gasteiger partial charge in [0.05, 0.1) is 11.7 Å². The van der Waals surface area contributed by atoms with E-state index in [-0.39, 0.29) is 0 Å². The summed E-state index contributed by atoms with van der Waals surface area (Å²) in [6, 6.07) is 0.708. The first-order valence-corrected chi connectivity index (χ1v) is 5.91. The Hall–Kier alpha value is -0.310. The van der Waals surface area contributed by atoms with Crippen molar-refractivity contribution in [3.05, 3.63) is 15.9 Å². The second-order valence-corrected chi connectivity index (χ2v) is 4.85. The fourth-order valence-corrected chi connectivity index (χ4v) is 2.89. The predicted octanol–water partition coefficient (Wildman–Crippen LogP) is 2.86. The summed E-state index contributed by atoms with van der Waals surface area (Å²) in [4.78, 5) is 0. The summed E-state index contributed by atoms with van der Waals surface area (Å²) in [5.74, 6) is 0. The van der Waals surface area contributed by atoms with Gasteiger partial charge in [0.2, 0.25) is 0 Å². The van der Waals surface area contributed by atoms with Gasteiger partial charge in [0.25, 0.3) is 0 Å². The van der Waals surface area contributed by atoms with Crippen LogP contribution in [0.25, 0.3) is 0 Å². The van der Waals surface area contributed by atoms with Gasteiger partial charge in [-0.3, -0.25) is 4.68 Å². The molecular weight excluding hydrogens is 228 g/mol. The van der Waals surface area contributed by atoms with Gasteiger partial charge in [-0.05, 0) is 54.5 Å². The highest BCUT2D eigenvalue weighted by atomic mass is 79.9. The van der Waals surface area contributed by atoms with Crippen LogP contribution in [0.1, 0.15) is 43.0 Å². The van der Waals surface area contributed by atoms with Gasteiger partial charge in [-0.1, -0.05) is 0 Å². The molecular formula is C10H13BrN2. The van der Waals surface area contributed by atoms with Crippen molar-refractivity contribution in [2.24, 2.45) is 0 Å². The van der Waals surface area contributed by atoms with Crippen molar-refractivity contribution < 1.29 is 0 Å². The minimum Gasteiger partial charge on any atom is -0.255 e. The predicted molar refractivity (Wildman–Crippen MR) is 54.8 cm³/mol. The summed E-state index contributed by atoms with van der Waals surface area (Å²) in [6.45, 7) is 0. The van der Waals surface area contributed by atoms with Gasteiger partial charge in [0.1, 0.15) is 4.60 Å². The van der Waals surface area contributed by atoms with Gasteiger partial charge < -0.3 is 0 Å². The highest BCUT2D eigenvalue weighted by molar-refractivity contribution is 9.10. The van der Waals surface area contributed by atoms with Crippen molar-refractivity contribution in [3.63, 3.8) is 0 Å². The van der Waals surface area contributed by atoms with Gasteiger partial charge in [-0.15, -0.1) is 0 Å². The zero-order valence-electron chi connectivity index (χ0n) is 7.59. The number of nitrogens with zero attached hydrogens (tertiary/aromatic N) is 2. The molecule has 1 aromatic rings. The first-order valence-electron chi connectivity index (χ1n) is 5.12. The van der Waals surface area contributed by atoms with E-state index < -0.39 is 0 Å². The third-order valence-corrected chi connectivity index (χ3v) is 3.85. The average Bonchev–Trinajstić information content (AvgIpc) is 2.94. The first-order chi connectivity index (χ1) is 6.36. The zero-order chi connectivity index (χ0) is 8.84. The van der Waals surface area contributed by atoms with E-state index in [2.05, 4.69) is 25.7 Å². The maximum absolute atomic E-state index is 4.68. The number of halogens is 1. The van der Waals surface area contributed by atoms with E-state index in [1.54, 1.807) is 0 Å². The zero-order valence-corrected chi connectivity index (χ0v) is 9.18. The highest BCUT2D eigenvalue weighted by Crippen LogP contribution is 2.39. The number of aromatic nitrogens is 2. The third-order valence-electron chi connectivity index (χ3n) is 3.01. The fraction of sp³-hybridized carbons (Fsp3) is 0.700. The molecule has 2 aliphatic rings. The maximum Gasteiger partial charge on any atom is 0.107 e. The van der Waals surface area contributed by atoms with Crippen LogP contribution in [0.15, 0.2) is 4.60 Å². The summed E-state index contributed by atoms with van der Waals surface area (Å²) in [5.41, 5.74) is 2.84. The summed E-state index contributed by atoms with van der Waals surface area (Å²) in [5, 5.41) is 4.68. The van der Waals surface area contributed by atoms with E-state index in [0.717, 1.165) is 0 Å². The Bertz CT molecular complexity index is 339. The van der Waals surface area contributed by atoms with E-state index >= 15 is 0 Å². The van der Waals surface area contributed by atoms with E-state index in [0.29, 0.717) is 6.04 Å². The molecule has 2 nitrogen and oxygen atoms in total. The molecule has 0 saturated heterocycles. The van der Waals surface area contributed by atoms with Crippen molar-refractivity contribution in [1.29, 1.82) is 0 Å². The summed E-state index contributed by atoms with van der Waals surface area (Å²) in [6.07, 6.45) is 7.71. The SMILES string of the molecule is Brc1c2c(nn1C1CC1)CCCC2. The molecule has 70 valence electrons. The topological polar surface area (TPSA) is 17.8 Å². The van der Waals surface area contributed by atoms with Crippen molar-refractivity contribution in [2.75, 3.05) is 0 Å². The molecule has 0 amide bonds. The Labute approximate surface area is 86.4 Å². The van der Waals surface area contributed by atoms with E-state index in [1.165, 1.54) is 54.4 Å². The van der Waals surface area contributed by atoms with Crippen LogP contribution in [0.4, 0.5) is 0 Å². The van der Waals surface area contributed by atoms with Gasteiger partial charge in [-0.25, -0.2) is 0 Å². The molecule has 3 rings (SSSR count). The fourth-order valence-electron chi connectivity index (χ4n) is 2.10. The van der Waals surface area contributed by atoms with E-state index in [9.17, 15) is 0 Å². The molecule has 0 unspecified atom stereocenters. The molecule has 0 N–H and O–H groups in total. The number of rotatable bonds is 1. The van der Waals surface area contributed by atoms with Crippen molar-refractivity contribution in [3.8, 4) is 0 Å². The van der Waals surface area contributed by atoms with Gasteiger partial charge in [0, 0.05) is 5.56 Å². The largest absolute Gasteiger partial charge is 0.255 e. The second-order valence-electron chi connectivity index (χ2n) is 4.10. The van der Waals surface area contributed by atoms with Gasteiger partial charge in [0.15, 0.2) is 0 Å². The lowest BCUT2D eigenvalue weighted by Gasteiger charge is -2.08. The summed E-state index contributed by atoms with van der Waals surface area (Å²) >= 11 is 3.68. The molecule has 0 atom stereocenters. The summed E-state index contributed by atoms with van der Waals surface area (Å²) in [7, 11) is 0. The molecule has 0 radical (unpaired) electrons. The lowest BCUT2D eigenvalue weighted by molar-refractivity contribution is 0.611. The smallest absolute Gasteiger partial charge is 0.107 e. The lowest BCUT2D eigenvalue weighted by atomic mass is 9.99. The van der Waals surface area contributed by atoms with Crippen LogP contribution in [0.2, 0.25) is 0 Å². The van der Waals surface area contributed by atoms with Crippen molar-refractivity contribution in [2.45, 2.75) is 44.6 Å². The van der Waals surface area contributed by atoms with E-state index in [4.69, 9.17) is 0 Å². The van der Waals surface area contributed by atoms with Crippen LogP contribution in [0.5, 0.6) is 0 Å². The van der Waals surface area contributed by atoms with Crippen LogP contribution in [0, 0.1) is 0 Å². The molecule has 3 heteroatoms. The second kappa shape index (κ2) is 2.84. The van der Waals surface area contributed by atoms with Crippen LogP contribution in [-0.4, -0.2) is 9.78 Å². The number of aryl methyl sites for hydroxylation is 1. The highest BCUT2D eigenvalue weighted by Gasteiger charge is 2.29. The minimum absolute atomic E-state index is 0.708. The Morgan fingerprint density at radius 1 is 1.23 bits per heavy atom. The molecule has 13 heavy (non-hydrogen) atoms. The van der Waals surface area contributed by atoms with Crippen LogP contribution in [0.3, 0.4) is 0 Å². The van der Waals surface area contributed by atoms with Gasteiger partial charge >= 0.3 is 0 Å². The molecule has 0 bridgehead atoms. The van der Waals surface area contributed by atoms with Crippen molar-refractivity contribution >= 4 is 15.9 Å². The molecule has 0 aliphatic heterocycles. The standard InChI is InChI=1S/C10H13BrN2/c11-10-8-3-1-2-4-9(8)12-13(10)7-5-6-7/h7H,1-6H2. The number of hydrogen-bond acceptors (Lipinski definition) is 1. The molecule has 2 aliphatic carbocycles. The summed E-state index contributed by atoms with van der Waals surface area (Å²) < 4.78 is 3.47. The van der Waals surface area contributed by atoms with Crippen LogP contribution < -0.4 is 0 Å². The van der Waals surface area contributed by atoms with Gasteiger partial charge in [-0.2, -0.15) is 5.10 Å². The Balaban J connectivity index is 2.06. The lowest BCUT2D eigenvalue weighted by Crippen LogP contribution is -2.00. The number of hydrogen-bond donors (Lipinski definition) is 0. The number of fused-ring (bicyclic) bond motifs is 1. The minimum atomic E-state index is 0.708. The Morgan fingerprint density at radius 3 is 2.69 bits per heavy atom. The van der Waals surface area contributed by atoms with Crippen LogP contribution in [-0.2, 0) is 12.8 Å². The molecule has 1 saturated carbocycles. The monoisotopic (exact) mass is 240 g/mol. The molecule has 0 aromatic carbocycles. The molecule has 1 heterocycles. The molecule has 1 fully saturated rings. The Morgan fingerprint density at radius 2 is 2.00 bits per heavy atom. The Kier molecular flexibility index (Phi) is 1.76. The average molecular weight is 241 g/mol. The van der Waals surface area contributed by atoms with Crippen LogP contribution >= 0.6 is 15.9 Å². The third kappa shape index (κ3) is 1.25. The quantitative estimate of drug-likeness (QED) is 0.739. The normalized spacial score (nSPS) is 21.6. The molecule has 1 aromatic heterocycles. The maximum atomic E-state index is 4.68.